The maximum atomic E-state index is 12.6. The number of nitrogens with zero attached hydrogens (tertiary/aromatic N) is 2. The molecule has 2 amide bonds. The average molecular weight is 396 g/mol. The van der Waals surface area contributed by atoms with Gasteiger partial charge >= 0.3 is 0 Å². The van der Waals surface area contributed by atoms with Crippen LogP contribution in [0.2, 0.25) is 0 Å². The molecule has 3 rings (SSSR count). The molecule has 2 aromatic carbocycles. The molecule has 28 heavy (non-hydrogen) atoms. The summed E-state index contributed by atoms with van der Waals surface area (Å²) in [4.78, 5) is 31.4. The van der Waals surface area contributed by atoms with Gasteiger partial charge in [-0.15, -0.1) is 0 Å². The number of carbonyl (C=O) groups excluding carboxylic acids is 2. The second-order valence-electron chi connectivity index (χ2n) is 7.21. The van der Waals surface area contributed by atoms with Crippen LogP contribution in [0.25, 0.3) is 0 Å². The fraction of sp³-hybridized carbons (Fsp3) is 0.318. The van der Waals surface area contributed by atoms with Gasteiger partial charge < -0.3 is 5.32 Å². The van der Waals surface area contributed by atoms with Gasteiger partial charge in [0, 0.05) is 19.2 Å². The Balaban J connectivity index is 1.74. The van der Waals surface area contributed by atoms with Crippen molar-refractivity contribution in [1.29, 1.82) is 0 Å². The van der Waals surface area contributed by atoms with Crippen molar-refractivity contribution in [3.63, 3.8) is 0 Å². The third-order valence-electron chi connectivity index (χ3n) is 4.83. The molecule has 2 aromatic rings. The highest BCUT2D eigenvalue weighted by Gasteiger charge is 2.37. The lowest BCUT2D eigenvalue weighted by Gasteiger charge is -2.11. The van der Waals surface area contributed by atoms with Crippen molar-refractivity contribution in [2.75, 3.05) is 12.4 Å². The molecule has 6 heteroatoms. The van der Waals surface area contributed by atoms with E-state index in [1.54, 1.807) is 11.9 Å². The minimum absolute atomic E-state index is 0.0916. The van der Waals surface area contributed by atoms with E-state index in [1.807, 2.05) is 64.1 Å². The summed E-state index contributed by atoms with van der Waals surface area (Å²) in [5.41, 5.74) is 5.87. The molecule has 1 fully saturated rings. The second kappa shape index (κ2) is 8.19. The van der Waals surface area contributed by atoms with E-state index in [0.717, 1.165) is 33.6 Å². The van der Waals surface area contributed by atoms with Crippen LogP contribution in [0, 0.1) is 27.7 Å². The number of thioether (sulfide) groups is 1. The number of hydrogen-bond donors (Lipinski definition) is 1. The van der Waals surface area contributed by atoms with Gasteiger partial charge in [0.2, 0.25) is 11.8 Å². The van der Waals surface area contributed by atoms with Crippen LogP contribution in [0.3, 0.4) is 0 Å². The third-order valence-corrected chi connectivity index (χ3v) is 6.05. The first-order valence-corrected chi connectivity index (χ1v) is 10.1. The number of rotatable bonds is 4. The number of benzene rings is 2. The van der Waals surface area contributed by atoms with E-state index in [-0.39, 0.29) is 18.2 Å². The number of carbonyl (C=O) groups is 2. The van der Waals surface area contributed by atoms with Crippen LogP contribution in [0.4, 0.5) is 11.4 Å². The van der Waals surface area contributed by atoms with Crippen LogP contribution >= 0.6 is 11.8 Å². The van der Waals surface area contributed by atoms with E-state index in [0.29, 0.717) is 5.17 Å². The fourth-order valence-corrected chi connectivity index (χ4v) is 4.26. The van der Waals surface area contributed by atoms with E-state index < -0.39 is 5.25 Å². The summed E-state index contributed by atoms with van der Waals surface area (Å²) in [6.07, 6.45) is 0.118. The molecular formula is C22H25N3O2S. The smallest absolute Gasteiger partial charge is 0.242 e. The van der Waals surface area contributed by atoms with Gasteiger partial charge in [-0.2, -0.15) is 0 Å². The van der Waals surface area contributed by atoms with Gasteiger partial charge in [-0.05, 0) is 56.0 Å². The number of para-hydroxylation sites is 1. The summed E-state index contributed by atoms with van der Waals surface area (Å²) in [5.74, 6) is -0.257. The normalized spacial score (nSPS) is 18.0. The number of hydrogen-bond acceptors (Lipinski definition) is 4. The average Bonchev–Trinajstić information content (AvgIpc) is 2.89. The number of anilines is 1. The SMILES string of the molecule is Cc1ccc(C)c(NC(=O)C[C@H]2SC(=Nc3c(C)cccc3C)N(C)C2=O)c1. The predicted octanol–water partition coefficient (Wildman–Crippen LogP) is 4.51. The molecule has 0 bridgehead atoms. The van der Waals surface area contributed by atoms with Gasteiger partial charge in [-0.25, -0.2) is 4.99 Å². The Morgan fingerprint density at radius 1 is 1.11 bits per heavy atom. The van der Waals surface area contributed by atoms with E-state index in [2.05, 4.69) is 5.32 Å². The Labute approximate surface area is 170 Å². The molecule has 146 valence electrons. The van der Waals surface area contributed by atoms with Crippen LogP contribution in [0.15, 0.2) is 41.4 Å². The Morgan fingerprint density at radius 2 is 1.79 bits per heavy atom. The van der Waals surface area contributed by atoms with Gasteiger partial charge in [-0.3, -0.25) is 14.5 Å². The summed E-state index contributed by atoms with van der Waals surface area (Å²) < 4.78 is 0. The molecule has 0 unspecified atom stereocenters. The first-order valence-electron chi connectivity index (χ1n) is 9.22. The molecule has 0 aliphatic carbocycles. The number of aryl methyl sites for hydroxylation is 4. The van der Waals surface area contributed by atoms with Gasteiger partial charge in [0.1, 0.15) is 5.25 Å². The molecule has 1 heterocycles. The standard InChI is InChI=1S/C22H25N3O2S/c1-13-9-10-14(2)17(11-13)23-19(26)12-18-21(27)25(5)22(28-18)24-20-15(3)7-6-8-16(20)4/h6-11,18H,12H2,1-5H3,(H,23,26)/t18-/m1/s1. The molecule has 0 aromatic heterocycles. The molecule has 0 saturated carbocycles. The molecule has 1 aliphatic rings. The Hall–Kier alpha value is -2.60. The first-order chi connectivity index (χ1) is 13.3. The van der Waals surface area contributed by atoms with Crippen LogP contribution in [-0.4, -0.2) is 34.2 Å². The third kappa shape index (κ3) is 4.28. The van der Waals surface area contributed by atoms with Crippen LogP contribution in [-0.2, 0) is 9.59 Å². The molecule has 5 nitrogen and oxygen atoms in total. The summed E-state index contributed by atoms with van der Waals surface area (Å²) in [5, 5.41) is 3.10. The van der Waals surface area contributed by atoms with E-state index in [1.165, 1.54) is 11.8 Å². The number of amidine groups is 1. The predicted molar refractivity (Wildman–Crippen MR) is 116 cm³/mol. The van der Waals surface area contributed by atoms with Gasteiger partial charge in [0.25, 0.3) is 0 Å². The van der Waals surface area contributed by atoms with Crippen molar-refractivity contribution in [3.8, 4) is 0 Å². The molecule has 0 radical (unpaired) electrons. The monoisotopic (exact) mass is 395 g/mol. The lowest BCUT2D eigenvalue weighted by atomic mass is 10.1. The Bertz CT molecular complexity index is 948. The van der Waals surface area contributed by atoms with E-state index in [9.17, 15) is 9.59 Å². The number of aliphatic imine (C=N–C) groups is 1. The molecular weight excluding hydrogens is 370 g/mol. The van der Waals surface area contributed by atoms with Crippen molar-refractivity contribution in [3.05, 3.63) is 58.7 Å². The zero-order chi connectivity index (χ0) is 20.4. The van der Waals surface area contributed by atoms with Crippen molar-refractivity contribution in [1.82, 2.24) is 4.90 Å². The number of amides is 2. The van der Waals surface area contributed by atoms with Gasteiger partial charge in [0.05, 0.1) is 5.69 Å². The first kappa shape index (κ1) is 20.1. The van der Waals surface area contributed by atoms with Crippen LogP contribution in [0.5, 0.6) is 0 Å². The summed E-state index contributed by atoms with van der Waals surface area (Å²) in [6.45, 7) is 7.94. The zero-order valence-electron chi connectivity index (χ0n) is 16.9. The summed E-state index contributed by atoms with van der Waals surface area (Å²) in [6, 6.07) is 11.9. The van der Waals surface area contributed by atoms with Crippen LogP contribution < -0.4 is 5.32 Å². The van der Waals surface area contributed by atoms with Crippen molar-refractivity contribution in [2.45, 2.75) is 39.4 Å². The minimum atomic E-state index is -0.460. The summed E-state index contributed by atoms with van der Waals surface area (Å²) >= 11 is 1.35. The van der Waals surface area contributed by atoms with Crippen molar-refractivity contribution in [2.24, 2.45) is 4.99 Å². The molecule has 0 spiro atoms. The Kier molecular flexibility index (Phi) is 5.89. The minimum Gasteiger partial charge on any atom is -0.326 e. The highest BCUT2D eigenvalue weighted by atomic mass is 32.2. The molecule has 1 atom stereocenters. The molecule has 1 N–H and O–H groups in total. The van der Waals surface area contributed by atoms with E-state index >= 15 is 0 Å². The largest absolute Gasteiger partial charge is 0.326 e. The molecule has 1 saturated heterocycles. The van der Waals surface area contributed by atoms with Crippen LogP contribution in [0.1, 0.15) is 28.7 Å². The lowest BCUT2D eigenvalue weighted by molar-refractivity contribution is -0.127. The lowest BCUT2D eigenvalue weighted by Crippen LogP contribution is -2.30. The second-order valence-corrected chi connectivity index (χ2v) is 8.38. The van der Waals surface area contributed by atoms with Crippen molar-refractivity contribution >= 4 is 40.1 Å². The Morgan fingerprint density at radius 3 is 2.46 bits per heavy atom. The highest BCUT2D eigenvalue weighted by molar-refractivity contribution is 8.15. The number of nitrogens with one attached hydrogen (secondary N) is 1. The molecule has 1 aliphatic heterocycles. The van der Waals surface area contributed by atoms with E-state index in [4.69, 9.17) is 4.99 Å². The zero-order valence-corrected chi connectivity index (χ0v) is 17.7. The maximum absolute atomic E-state index is 12.6. The fourth-order valence-electron chi connectivity index (χ4n) is 3.12. The summed E-state index contributed by atoms with van der Waals surface area (Å²) in [7, 11) is 1.71. The topological polar surface area (TPSA) is 61.8 Å². The highest BCUT2D eigenvalue weighted by Crippen LogP contribution is 2.33. The van der Waals surface area contributed by atoms with Crippen molar-refractivity contribution < 1.29 is 9.59 Å². The quantitative estimate of drug-likeness (QED) is 0.828. The van der Waals surface area contributed by atoms with Gasteiger partial charge in [0.15, 0.2) is 5.17 Å². The maximum Gasteiger partial charge on any atom is 0.242 e. The van der Waals surface area contributed by atoms with Gasteiger partial charge in [-0.1, -0.05) is 42.1 Å².